The summed E-state index contributed by atoms with van der Waals surface area (Å²) in [5.74, 6) is 0.339. The number of sulfonamides is 1. The fraction of sp³-hybridized carbons (Fsp3) is 0.278. The Morgan fingerprint density at radius 2 is 2.04 bits per heavy atom. The molecule has 0 aliphatic heterocycles. The lowest BCUT2D eigenvalue weighted by Gasteiger charge is -2.06. The van der Waals surface area contributed by atoms with E-state index in [4.69, 9.17) is 0 Å². The first kappa shape index (κ1) is 20.2. The number of rotatable bonds is 6. The van der Waals surface area contributed by atoms with Gasteiger partial charge in [0.2, 0.25) is 10.0 Å². The van der Waals surface area contributed by atoms with Gasteiger partial charge in [0.15, 0.2) is 5.82 Å². The van der Waals surface area contributed by atoms with Gasteiger partial charge < -0.3 is 0 Å². The van der Waals surface area contributed by atoms with Crippen LogP contribution in [0.25, 0.3) is 5.82 Å². The third kappa shape index (κ3) is 4.16. The third-order valence-electron chi connectivity index (χ3n) is 4.46. The van der Waals surface area contributed by atoms with Crippen LogP contribution in [0, 0.1) is 6.92 Å². The second-order valence-corrected chi connectivity index (χ2v) is 8.36. The van der Waals surface area contributed by atoms with E-state index in [1.54, 1.807) is 12.4 Å². The third-order valence-corrected chi connectivity index (χ3v) is 5.96. The maximum atomic E-state index is 12.8. The van der Waals surface area contributed by atoms with Crippen molar-refractivity contribution in [2.75, 3.05) is 0 Å². The molecule has 28 heavy (non-hydrogen) atoms. The highest BCUT2D eigenvalue weighted by Gasteiger charge is 2.28. The van der Waals surface area contributed by atoms with Gasteiger partial charge in [0.1, 0.15) is 4.90 Å². The quantitative estimate of drug-likeness (QED) is 0.629. The topological polar surface area (TPSA) is 110 Å². The van der Waals surface area contributed by atoms with Crippen LogP contribution in [0.1, 0.15) is 29.7 Å². The molecule has 8 nitrogen and oxygen atoms in total. The van der Waals surface area contributed by atoms with Crippen LogP contribution in [0.3, 0.4) is 0 Å². The Bertz CT molecular complexity index is 1120. The van der Waals surface area contributed by atoms with Crippen LogP contribution in [0.2, 0.25) is 0 Å². The number of aromatic nitrogens is 4. The Morgan fingerprint density at radius 1 is 1.25 bits per heavy atom. The van der Waals surface area contributed by atoms with Crippen LogP contribution in [-0.2, 0) is 16.4 Å². The monoisotopic (exact) mass is 421 g/mol. The van der Waals surface area contributed by atoms with Crippen molar-refractivity contribution < 1.29 is 8.42 Å². The van der Waals surface area contributed by atoms with Crippen molar-refractivity contribution in [1.82, 2.24) is 24.5 Å². The molecule has 0 amide bonds. The van der Waals surface area contributed by atoms with Gasteiger partial charge in [-0.1, -0.05) is 6.07 Å². The van der Waals surface area contributed by atoms with Crippen LogP contribution >= 0.6 is 12.4 Å². The van der Waals surface area contributed by atoms with Gasteiger partial charge in [-0.25, -0.2) is 22.8 Å². The summed E-state index contributed by atoms with van der Waals surface area (Å²) in [5.41, 5.74) is 2.08. The lowest BCUT2D eigenvalue weighted by atomic mass is 10.1. The first-order valence-electron chi connectivity index (χ1n) is 8.62. The minimum Gasteiger partial charge on any atom is -0.294 e. The molecule has 1 fully saturated rings. The first-order chi connectivity index (χ1) is 12.9. The summed E-state index contributed by atoms with van der Waals surface area (Å²) in [7, 11) is -3.57. The molecule has 10 heteroatoms. The zero-order valence-corrected chi connectivity index (χ0v) is 16.8. The van der Waals surface area contributed by atoms with Gasteiger partial charge in [-0.3, -0.25) is 14.9 Å². The van der Waals surface area contributed by atoms with E-state index < -0.39 is 10.0 Å². The number of nitrogens with one attached hydrogen (secondary N) is 2. The standard InChI is InChI=1S/C18H19N5O3S.ClH/c1-12-16(9-13-3-2-8-19-10-13)18(24)23(21-12)17-7-6-15(11-20-17)27(25,26)22-14-4-5-14;/h2-3,6-8,10-11,14,21-22H,4-5,9H2,1H3;1H. The lowest BCUT2D eigenvalue weighted by Crippen LogP contribution is -2.26. The van der Waals surface area contributed by atoms with Gasteiger partial charge >= 0.3 is 0 Å². The Labute approximate surface area is 168 Å². The molecular formula is C18H20ClN5O3S. The van der Waals surface area contributed by atoms with E-state index in [0.29, 0.717) is 17.8 Å². The van der Waals surface area contributed by atoms with E-state index in [1.807, 2.05) is 19.1 Å². The van der Waals surface area contributed by atoms with Crippen LogP contribution in [-0.4, -0.2) is 34.2 Å². The highest BCUT2D eigenvalue weighted by molar-refractivity contribution is 7.89. The molecule has 2 N–H and O–H groups in total. The van der Waals surface area contributed by atoms with Crippen molar-refractivity contribution in [3.8, 4) is 5.82 Å². The minimum atomic E-state index is -3.57. The highest BCUT2D eigenvalue weighted by atomic mass is 35.5. The molecule has 0 bridgehead atoms. The molecular weight excluding hydrogens is 402 g/mol. The minimum absolute atomic E-state index is 0. The zero-order chi connectivity index (χ0) is 19.0. The average molecular weight is 422 g/mol. The Morgan fingerprint density at radius 3 is 2.64 bits per heavy atom. The molecule has 0 aromatic carbocycles. The van der Waals surface area contributed by atoms with Crippen molar-refractivity contribution in [3.05, 3.63) is 70.0 Å². The summed E-state index contributed by atoms with van der Waals surface area (Å²) in [6, 6.07) is 6.74. The fourth-order valence-corrected chi connectivity index (χ4v) is 4.06. The maximum absolute atomic E-state index is 12.8. The predicted molar refractivity (Wildman–Crippen MR) is 107 cm³/mol. The van der Waals surface area contributed by atoms with Gasteiger partial charge in [-0.05, 0) is 43.5 Å². The number of aromatic amines is 1. The number of halogens is 1. The summed E-state index contributed by atoms with van der Waals surface area (Å²) < 4.78 is 28.4. The fourth-order valence-electron chi connectivity index (χ4n) is 2.81. The van der Waals surface area contributed by atoms with E-state index in [9.17, 15) is 13.2 Å². The van der Waals surface area contributed by atoms with Crippen molar-refractivity contribution >= 4 is 22.4 Å². The Kier molecular flexibility index (Phi) is 5.69. The van der Waals surface area contributed by atoms with E-state index in [-0.39, 0.29) is 28.9 Å². The number of hydrogen-bond acceptors (Lipinski definition) is 5. The molecule has 1 aliphatic carbocycles. The number of H-pyrrole nitrogens is 1. The van der Waals surface area contributed by atoms with Crippen LogP contribution in [0.4, 0.5) is 0 Å². The summed E-state index contributed by atoms with van der Waals surface area (Å²) in [4.78, 5) is 21.1. The Hall–Kier alpha value is -2.49. The SMILES string of the molecule is Cc1[nH]n(-c2ccc(S(=O)(=O)NC3CC3)cn2)c(=O)c1Cc1cccnc1.Cl. The second kappa shape index (κ2) is 7.86. The maximum Gasteiger partial charge on any atom is 0.276 e. The molecule has 0 unspecified atom stereocenters. The van der Waals surface area contributed by atoms with E-state index in [2.05, 4.69) is 19.8 Å². The molecule has 0 atom stereocenters. The summed E-state index contributed by atoms with van der Waals surface area (Å²) in [5, 5.41) is 3.01. The van der Waals surface area contributed by atoms with Gasteiger partial charge in [0, 0.05) is 42.3 Å². The van der Waals surface area contributed by atoms with Crippen molar-refractivity contribution in [2.24, 2.45) is 0 Å². The van der Waals surface area contributed by atoms with Gasteiger partial charge in [0.05, 0.1) is 0 Å². The van der Waals surface area contributed by atoms with Crippen molar-refractivity contribution in [1.29, 1.82) is 0 Å². The normalized spacial score (nSPS) is 13.9. The predicted octanol–water partition coefficient (Wildman–Crippen LogP) is 1.72. The molecule has 1 saturated carbocycles. The summed E-state index contributed by atoms with van der Waals surface area (Å²) in [6.45, 7) is 1.82. The molecule has 3 aromatic rings. The van der Waals surface area contributed by atoms with Crippen LogP contribution in [0.15, 0.2) is 52.5 Å². The molecule has 3 aromatic heterocycles. The van der Waals surface area contributed by atoms with Crippen molar-refractivity contribution in [2.45, 2.75) is 37.1 Å². The van der Waals surface area contributed by atoms with Crippen LogP contribution in [0.5, 0.6) is 0 Å². The summed E-state index contributed by atoms with van der Waals surface area (Å²) >= 11 is 0. The molecule has 3 heterocycles. The lowest BCUT2D eigenvalue weighted by molar-refractivity contribution is 0.580. The zero-order valence-electron chi connectivity index (χ0n) is 15.1. The van der Waals surface area contributed by atoms with E-state index in [1.165, 1.54) is 23.0 Å². The smallest absolute Gasteiger partial charge is 0.276 e. The highest BCUT2D eigenvalue weighted by Crippen LogP contribution is 2.22. The molecule has 0 spiro atoms. The molecule has 148 valence electrons. The van der Waals surface area contributed by atoms with Gasteiger partial charge in [-0.2, -0.15) is 0 Å². The van der Waals surface area contributed by atoms with Crippen molar-refractivity contribution in [3.63, 3.8) is 0 Å². The van der Waals surface area contributed by atoms with Gasteiger partial charge in [-0.15, -0.1) is 12.4 Å². The molecule has 0 radical (unpaired) electrons. The van der Waals surface area contributed by atoms with Crippen LogP contribution < -0.4 is 10.3 Å². The number of hydrogen-bond donors (Lipinski definition) is 2. The largest absolute Gasteiger partial charge is 0.294 e. The van der Waals surface area contributed by atoms with Gasteiger partial charge in [0.25, 0.3) is 5.56 Å². The Balaban J connectivity index is 0.00000225. The first-order valence-corrected chi connectivity index (χ1v) is 10.1. The molecule has 0 saturated heterocycles. The molecule has 1 aliphatic rings. The number of pyridine rings is 2. The summed E-state index contributed by atoms with van der Waals surface area (Å²) in [6.07, 6.45) is 6.86. The second-order valence-electron chi connectivity index (χ2n) is 6.64. The van der Waals surface area contributed by atoms with E-state index in [0.717, 1.165) is 24.1 Å². The number of aryl methyl sites for hydroxylation is 1. The average Bonchev–Trinajstić information content (AvgIpc) is 3.43. The number of nitrogens with zero attached hydrogens (tertiary/aromatic N) is 3. The molecule has 4 rings (SSSR count). The van der Waals surface area contributed by atoms with E-state index >= 15 is 0 Å².